The smallest absolute Gasteiger partial charge is 0.277 e. The Morgan fingerprint density at radius 3 is 2.10 bits per heavy atom. The summed E-state index contributed by atoms with van der Waals surface area (Å²) in [6, 6.07) is 17.3. The Hall–Kier alpha value is -2.86. The molecule has 0 aliphatic rings. The van der Waals surface area contributed by atoms with Crippen molar-refractivity contribution < 1.29 is 19.2 Å². The number of benzene rings is 2. The quantitative estimate of drug-likeness (QED) is 0.634. The topological polar surface area (TPSA) is 63.1 Å². The highest BCUT2D eigenvalue weighted by atomic mass is 16.5. The van der Waals surface area contributed by atoms with E-state index in [-0.39, 0.29) is 24.4 Å². The third-order valence-corrected chi connectivity index (χ3v) is 4.92. The summed E-state index contributed by atoms with van der Waals surface area (Å²) in [5.41, 5.74) is 1.98. The van der Waals surface area contributed by atoms with Crippen molar-refractivity contribution in [3.63, 3.8) is 0 Å². The van der Waals surface area contributed by atoms with Crippen molar-refractivity contribution in [1.29, 1.82) is 0 Å². The van der Waals surface area contributed by atoms with E-state index in [0.29, 0.717) is 19.6 Å². The third-order valence-electron chi connectivity index (χ3n) is 4.92. The van der Waals surface area contributed by atoms with E-state index in [2.05, 4.69) is 5.32 Å². The molecular formula is C23H32N3O3+. The summed E-state index contributed by atoms with van der Waals surface area (Å²) < 4.78 is 5.24. The zero-order valence-electron chi connectivity index (χ0n) is 17.8. The Kier molecular flexibility index (Phi) is 8.68. The summed E-state index contributed by atoms with van der Waals surface area (Å²) >= 11 is 0. The number of ether oxygens (including phenoxy) is 1. The fourth-order valence-electron chi connectivity index (χ4n) is 3.30. The van der Waals surface area contributed by atoms with Gasteiger partial charge in [-0.25, -0.2) is 0 Å². The Morgan fingerprint density at radius 1 is 0.966 bits per heavy atom. The fourth-order valence-corrected chi connectivity index (χ4v) is 3.30. The predicted molar refractivity (Wildman–Crippen MR) is 114 cm³/mol. The molecule has 6 heteroatoms. The highest BCUT2D eigenvalue weighted by molar-refractivity contribution is 5.79. The second-order valence-electron chi connectivity index (χ2n) is 7.06. The van der Waals surface area contributed by atoms with Crippen LogP contribution in [0.4, 0.5) is 0 Å². The van der Waals surface area contributed by atoms with E-state index >= 15 is 0 Å². The van der Waals surface area contributed by atoms with Crippen molar-refractivity contribution in [1.82, 2.24) is 10.2 Å². The molecule has 6 nitrogen and oxygen atoms in total. The Labute approximate surface area is 173 Å². The van der Waals surface area contributed by atoms with Crippen LogP contribution >= 0.6 is 0 Å². The van der Waals surface area contributed by atoms with Crippen molar-refractivity contribution in [2.75, 3.05) is 40.3 Å². The second-order valence-corrected chi connectivity index (χ2v) is 7.06. The van der Waals surface area contributed by atoms with Crippen LogP contribution in [-0.4, -0.2) is 57.1 Å². The molecule has 2 atom stereocenters. The van der Waals surface area contributed by atoms with Gasteiger partial charge in [-0.1, -0.05) is 42.5 Å². The summed E-state index contributed by atoms with van der Waals surface area (Å²) in [5.74, 6) is 0.737. The van der Waals surface area contributed by atoms with Crippen molar-refractivity contribution in [3.8, 4) is 5.75 Å². The zero-order valence-corrected chi connectivity index (χ0v) is 17.8. The van der Waals surface area contributed by atoms with Crippen LogP contribution in [0.5, 0.6) is 5.75 Å². The minimum Gasteiger partial charge on any atom is -0.497 e. The van der Waals surface area contributed by atoms with E-state index in [0.717, 1.165) is 21.8 Å². The largest absolute Gasteiger partial charge is 0.497 e. The van der Waals surface area contributed by atoms with E-state index in [1.54, 1.807) is 12.0 Å². The predicted octanol–water partition coefficient (Wildman–Crippen LogP) is 1.28. The molecule has 2 N–H and O–H groups in total. The van der Waals surface area contributed by atoms with Gasteiger partial charge in [0.1, 0.15) is 5.75 Å². The number of amides is 2. The minimum absolute atomic E-state index is 0.0649. The zero-order chi connectivity index (χ0) is 21.2. The van der Waals surface area contributed by atoms with Gasteiger partial charge >= 0.3 is 0 Å². The number of hydrogen-bond acceptors (Lipinski definition) is 3. The number of carbonyl (C=O) groups is 2. The standard InChI is InChI=1S/C23H31N3O3/c1-5-26(6-2)22(28)17-25(3)16-21(27)24-23(18-10-8-7-9-11-18)19-12-14-20(29-4)15-13-19/h7-15,23H,5-6,16-17H2,1-4H3,(H,24,27)/p+1/t23-/m0/s1. The average molecular weight is 399 g/mol. The van der Waals surface area contributed by atoms with Crippen LogP contribution in [0.25, 0.3) is 0 Å². The maximum atomic E-state index is 12.7. The van der Waals surface area contributed by atoms with Gasteiger partial charge in [0.15, 0.2) is 13.1 Å². The van der Waals surface area contributed by atoms with Crippen molar-refractivity contribution in [2.24, 2.45) is 0 Å². The Morgan fingerprint density at radius 2 is 1.55 bits per heavy atom. The first-order valence-corrected chi connectivity index (χ1v) is 10.1. The van der Waals surface area contributed by atoms with Crippen molar-refractivity contribution in [2.45, 2.75) is 19.9 Å². The van der Waals surface area contributed by atoms with E-state index in [4.69, 9.17) is 4.74 Å². The molecule has 156 valence electrons. The van der Waals surface area contributed by atoms with E-state index < -0.39 is 0 Å². The van der Waals surface area contributed by atoms with Gasteiger partial charge in [-0.2, -0.15) is 0 Å². The lowest BCUT2D eigenvalue weighted by Crippen LogP contribution is -3.11. The summed E-state index contributed by atoms with van der Waals surface area (Å²) in [6.45, 7) is 5.82. The molecule has 2 rings (SSSR count). The van der Waals surface area contributed by atoms with Gasteiger partial charge in [0.05, 0.1) is 20.2 Å². The molecule has 0 radical (unpaired) electrons. The van der Waals surface area contributed by atoms with E-state index in [1.807, 2.05) is 75.5 Å². The normalized spacial score (nSPS) is 12.7. The maximum absolute atomic E-state index is 12.7. The van der Waals surface area contributed by atoms with Gasteiger partial charge in [-0.15, -0.1) is 0 Å². The number of rotatable bonds is 10. The lowest BCUT2D eigenvalue weighted by atomic mass is 9.98. The highest BCUT2D eigenvalue weighted by Gasteiger charge is 2.21. The molecule has 29 heavy (non-hydrogen) atoms. The SMILES string of the molecule is CCN(CC)C(=O)C[NH+](C)CC(=O)N[C@@H](c1ccccc1)c1ccc(OC)cc1. The molecule has 0 spiro atoms. The number of quaternary nitrogens is 1. The van der Waals surface area contributed by atoms with Crippen LogP contribution in [0.15, 0.2) is 54.6 Å². The lowest BCUT2D eigenvalue weighted by molar-refractivity contribution is -0.863. The maximum Gasteiger partial charge on any atom is 0.277 e. The molecule has 0 fully saturated rings. The number of carbonyl (C=O) groups excluding carboxylic acids is 2. The van der Waals surface area contributed by atoms with Crippen molar-refractivity contribution in [3.05, 3.63) is 65.7 Å². The Bertz CT molecular complexity index is 774. The second kappa shape index (κ2) is 11.2. The van der Waals surface area contributed by atoms with Crippen molar-refractivity contribution >= 4 is 11.8 Å². The highest BCUT2D eigenvalue weighted by Crippen LogP contribution is 2.24. The molecule has 2 aromatic carbocycles. The summed E-state index contributed by atoms with van der Waals surface area (Å²) in [6.07, 6.45) is 0. The van der Waals surface area contributed by atoms with Gasteiger partial charge in [-0.05, 0) is 37.1 Å². The first-order valence-electron chi connectivity index (χ1n) is 10.1. The first kappa shape index (κ1) is 22.4. The van der Waals surface area contributed by atoms with Gasteiger partial charge in [0.25, 0.3) is 11.8 Å². The molecule has 2 aromatic rings. The number of nitrogens with one attached hydrogen (secondary N) is 2. The number of likely N-dealkylation sites (N-methyl/N-ethyl adjacent to an activating group) is 2. The van der Waals surface area contributed by atoms with Gasteiger partial charge in [0, 0.05) is 13.1 Å². The van der Waals surface area contributed by atoms with Gasteiger partial charge in [-0.3, -0.25) is 9.59 Å². The van der Waals surface area contributed by atoms with Crippen LogP contribution in [0.1, 0.15) is 31.0 Å². The lowest BCUT2D eigenvalue weighted by Gasteiger charge is -2.23. The van der Waals surface area contributed by atoms with Crippen LogP contribution in [0, 0.1) is 0 Å². The number of nitrogens with zero attached hydrogens (tertiary/aromatic N) is 1. The molecule has 0 saturated carbocycles. The monoisotopic (exact) mass is 398 g/mol. The van der Waals surface area contributed by atoms with Gasteiger partial charge < -0.3 is 19.9 Å². The molecule has 0 aliphatic heterocycles. The third kappa shape index (κ3) is 6.61. The van der Waals surface area contributed by atoms with Gasteiger partial charge in [0.2, 0.25) is 0 Å². The molecule has 0 aliphatic carbocycles. The van der Waals surface area contributed by atoms with Crippen LogP contribution in [-0.2, 0) is 9.59 Å². The summed E-state index contributed by atoms with van der Waals surface area (Å²) in [4.78, 5) is 27.7. The van der Waals surface area contributed by atoms with Crippen LogP contribution in [0.3, 0.4) is 0 Å². The number of methoxy groups -OCH3 is 1. The molecule has 0 aromatic heterocycles. The minimum atomic E-state index is -0.263. The van der Waals surface area contributed by atoms with Crippen LogP contribution < -0.4 is 15.0 Å². The van der Waals surface area contributed by atoms with Crippen LogP contribution in [0.2, 0.25) is 0 Å². The van der Waals surface area contributed by atoms with E-state index in [1.165, 1.54) is 0 Å². The fraction of sp³-hybridized carbons (Fsp3) is 0.391. The first-order chi connectivity index (χ1) is 14.0. The summed E-state index contributed by atoms with van der Waals surface area (Å²) in [7, 11) is 3.50. The average Bonchev–Trinajstić information content (AvgIpc) is 2.73. The molecule has 0 bridgehead atoms. The molecular weight excluding hydrogens is 366 g/mol. The molecule has 2 amide bonds. The molecule has 1 unspecified atom stereocenters. The summed E-state index contributed by atoms with van der Waals surface area (Å²) in [5, 5.41) is 3.12. The number of hydrogen-bond donors (Lipinski definition) is 2. The van der Waals surface area contributed by atoms with E-state index in [9.17, 15) is 9.59 Å². The molecule has 0 heterocycles. The molecule has 0 saturated heterocycles. The Balaban J connectivity index is 2.08.